The molecule has 0 amide bonds. The molecule has 12 nitrogen and oxygen atoms in total. The molecule has 0 aliphatic rings. The summed E-state index contributed by atoms with van der Waals surface area (Å²) in [4.78, 5) is 74.3. The van der Waals surface area contributed by atoms with Crippen LogP contribution in [-0.4, -0.2) is 67.4 Å². The number of Topliss-reactive ketones (excluding diaryl/α,β-unsaturated/α-hetero) is 3. The Balaban J connectivity index is -0.0000000797. The van der Waals surface area contributed by atoms with Crippen LogP contribution in [0.15, 0.2) is 0 Å². The molecule has 0 spiro atoms. The number of carbonyl (C=O) groups excluding carboxylic acids is 5. The molecule has 12 heteroatoms. The number of hydrogen-bond donors (Lipinski definition) is 4. The first kappa shape index (κ1) is 35.0. The molecule has 0 heterocycles. The topological polar surface area (TPSA) is 217 Å². The normalized spacial score (nSPS) is 9.74. The van der Waals surface area contributed by atoms with E-state index in [0.29, 0.717) is 0 Å². The highest BCUT2D eigenvalue weighted by molar-refractivity contribution is 6.31. The lowest BCUT2D eigenvalue weighted by Crippen LogP contribution is -2.41. The Labute approximate surface area is 154 Å². The summed E-state index contributed by atoms with van der Waals surface area (Å²) in [6.45, 7) is 8.22. The zero-order valence-electron chi connectivity index (χ0n) is 15.8. The first-order valence-corrected chi connectivity index (χ1v) is 6.94. The van der Waals surface area contributed by atoms with E-state index in [1.165, 1.54) is 6.42 Å². The van der Waals surface area contributed by atoms with Gasteiger partial charge in [0.15, 0.2) is 5.78 Å². The van der Waals surface area contributed by atoms with Crippen molar-refractivity contribution in [2.24, 2.45) is 0 Å². The van der Waals surface area contributed by atoms with E-state index in [9.17, 15) is 28.8 Å². The van der Waals surface area contributed by atoms with Crippen molar-refractivity contribution >= 4 is 41.4 Å². The molecule has 0 saturated heterocycles. The lowest BCUT2D eigenvalue weighted by Gasteiger charge is -2.11. The van der Waals surface area contributed by atoms with E-state index < -0.39 is 40.9 Å². The summed E-state index contributed by atoms with van der Waals surface area (Å²) in [5.41, 5.74) is -2.22. The van der Waals surface area contributed by atoms with Gasteiger partial charge < -0.3 is 20.4 Å². The minimum Gasteiger partial charge on any atom is -0.479 e. The number of carboxylic acids is 3. The summed E-state index contributed by atoms with van der Waals surface area (Å²) in [5, 5.41) is 32.1. The number of hydrogen-bond acceptors (Lipinski definition) is 9. The number of ketones is 3. The van der Waals surface area contributed by atoms with E-state index in [2.05, 4.69) is 13.8 Å². The summed E-state index contributed by atoms with van der Waals surface area (Å²) in [6.07, 6.45) is 1.50. The Hall–Kier alpha value is -3.24. The highest BCUT2D eigenvalue weighted by Gasteiger charge is 2.35. The summed E-state index contributed by atoms with van der Waals surface area (Å²) in [5.74, 6) is -6.69. The molecule has 0 saturated carbocycles. The van der Waals surface area contributed by atoms with Crippen molar-refractivity contribution in [2.45, 2.75) is 53.6 Å². The lowest BCUT2D eigenvalue weighted by atomic mass is 10.0. The Morgan fingerprint density at radius 1 is 0.778 bits per heavy atom. The zero-order valence-corrected chi connectivity index (χ0v) is 15.8. The summed E-state index contributed by atoms with van der Waals surface area (Å²) in [6, 6.07) is 0. The third-order valence-electron chi connectivity index (χ3n) is 1.70. The Morgan fingerprint density at radius 3 is 0.926 bits per heavy atom. The predicted octanol–water partition coefficient (Wildman–Crippen LogP) is -0.436. The molecule has 0 aliphatic heterocycles. The lowest BCUT2D eigenvalue weighted by molar-refractivity contribution is -0.191. The van der Waals surface area contributed by atoms with Crippen molar-refractivity contribution in [3.63, 3.8) is 0 Å². The fourth-order valence-corrected chi connectivity index (χ4v) is 0.151. The van der Waals surface area contributed by atoms with Gasteiger partial charge in [-0.15, -0.1) is 0 Å². The largest absolute Gasteiger partial charge is 0.479 e. The van der Waals surface area contributed by atoms with Crippen LogP contribution in [0.2, 0.25) is 0 Å². The van der Waals surface area contributed by atoms with Gasteiger partial charge >= 0.3 is 24.1 Å². The van der Waals surface area contributed by atoms with Crippen LogP contribution in [0.3, 0.4) is 0 Å². The molecule has 0 fully saturated rings. The maximum absolute atomic E-state index is 10.3. The summed E-state index contributed by atoms with van der Waals surface area (Å²) >= 11 is 0. The first-order chi connectivity index (χ1) is 12.0. The highest BCUT2D eigenvalue weighted by atomic mass is 16.4. The number of aliphatic hydroxyl groups is 1. The maximum Gasteiger partial charge on any atom is 0.373 e. The molecular formula is C15H24O12. The van der Waals surface area contributed by atoms with Crippen LogP contribution >= 0.6 is 0 Å². The summed E-state index contributed by atoms with van der Waals surface area (Å²) < 4.78 is 0. The third-order valence-corrected chi connectivity index (χ3v) is 1.70. The molecule has 0 aromatic rings. The second kappa shape index (κ2) is 20.8. The van der Waals surface area contributed by atoms with Crippen molar-refractivity contribution in [2.75, 3.05) is 0 Å². The van der Waals surface area contributed by atoms with Gasteiger partial charge in [-0.25, -0.2) is 14.4 Å². The quantitative estimate of drug-likeness (QED) is 0.351. The van der Waals surface area contributed by atoms with Crippen LogP contribution in [0.5, 0.6) is 0 Å². The maximum atomic E-state index is 10.3. The molecule has 156 valence electrons. The van der Waals surface area contributed by atoms with Crippen LogP contribution in [0.1, 0.15) is 48.0 Å². The highest BCUT2D eigenvalue weighted by Crippen LogP contribution is 2.03. The molecule has 1 atom stereocenters. The molecule has 0 unspecified atom stereocenters. The van der Waals surface area contributed by atoms with Gasteiger partial charge in [0.25, 0.3) is 0 Å². The van der Waals surface area contributed by atoms with Gasteiger partial charge in [-0.1, -0.05) is 20.3 Å². The Morgan fingerprint density at radius 2 is 0.926 bits per heavy atom. The average Bonchev–Trinajstić information content (AvgIpc) is 2.49. The van der Waals surface area contributed by atoms with Crippen molar-refractivity contribution in [3.8, 4) is 0 Å². The molecule has 0 aliphatic carbocycles. The van der Waals surface area contributed by atoms with E-state index >= 15 is 0 Å². The van der Waals surface area contributed by atoms with Crippen LogP contribution in [-0.2, 0) is 38.4 Å². The van der Waals surface area contributed by atoms with Crippen molar-refractivity contribution in [3.05, 3.63) is 0 Å². The van der Waals surface area contributed by atoms with Gasteiger partial charge in [-0.2, -0.15) is 9.59 Å². The molecule has 0 aromatic carbocycles. The monoisotopic (exact) mass is 396 g/mol. The van der Waals surface area contributed by atoms with E-state index in [1.54, 1.807) is 0 Å². The summed E-state index contributed by atoms with van der Waals surface area (Å²) in [7, 11) is 0. The fourth-order valence-electron chi connectivity index (χ4n) is 0.151. The van der Waals surface area contributed by atoms with Gasteiger partial charge in [0.2, 0.25) is 17.2 Å². The van der Waals surface area contributed by atoms with E-state index in [-0.39, 0.29) is 6.15 Å². The molecular weight excluding hydrogens is 372 g/mol. The van der Waals surface area contributed by atoms with Crippen LogP contribution in [0, 0.1) is 0 Å². The average molecular weight is 396 g/mol. The minimum absolute atomic E-state index is 0.250. The molecule has 0 aromatic heterocycles. The van der Waals surface area contributed by atoms with Crippen molar-refractivity contribution in [1.82, 2.24) is 0 Å². The van der Waals surface area contributed by atoms with Crippen LogP contribution in [0.25, 0.3) is 0 Å². The van der Waals surface area contributed by atoms with Crippen molar-refractivity contribution < 1.29 is 58.8 Å². The Bertz CT molecular complexity index is 475. The molecule has 4 N–H and O–H groups in total. The SMILES string of the molecule is CC(=O)C(=O)O.CC(=O)C(=O)O.CC(=O)[C@](C)(O)C(=O)O.CCC.O=C=O. The van der Waals surface area contributed by atoms with Gasteiger partial charge in [-0.05, 0) is 13.8 Å². The predicted molar refractivity (Wildman–Crippen MR) is 86.5 cm³/mol. The second-order valence-electron chi connectivity index (χ2n) is 4.45. The molecule has 0 bridgehead atoms. The third kappa shape index (κ3) is 34.9. The molecule has 0 radical (unpaired) electrons. The van der Waals surface area contributed by atoms with Gasteiger partial charge in [0.1, 0.15) is 0 Å². The number of carboxylic acid groups (broad SMARTS) is 3. The van der Waals surface area contributed by atoms with Crippen LogP contribution < -0.4 is 0 Å². The molecule has 27 heavy (non-hydrogen) atoms. The van der Waals surface area contributed by atoms with E-state index in [1.807, 2.05) is 0 Å². The fraction of sp³-hybridized carbons (Fsp3) is 0.533. The number of rotatable bonds is 4. The Kier molecular flexibility index (Phi) is 26.9. The minimum atomic E-state index is -2.22. The zero-order chi connectivity index (χ0) is 23.4. The van der Waals surface area contributed by atoms with Gasteiger partial charge in [0, 0.05) is 13.8 Å². The van der Waals surface area contributed by atoms with Crippen LogP contribution in [0.4, 0.5) is 0 Å². The van der Waals surface area contributed by atoms with Gasteiger partial charge in [0.05, 0.1) is 0 Å². The first-order valence-electron chi connectivity index (χ1n) is 6.94. The second-order valence-corrected chi connectivity index (χ2v) is 4.45. The van der Waals surface area contributed by atoms with Gasteiger partial charge in [-0.3, -0.25) is 14.4 Å². The standard InChI is InChI=1S/C5H8O4.2C3H4O3.C3H8.CO2/c1-3(6)5(2,9)4(7)8;2*1-2(4)3(5)6;1-3-2;2-1-3/h9H,1-2H3,(H,7,8);2*1H3,(H,5,6);3H2,1-2H3;/t5-;;;;/m0..../s1. The van der Waals surface area contributed by atoms with Crippen molar-refractivity contribution in [1.29, 1.82) is 0 Å². The molecule has 0 rings (SSSR count). The number of aliphatic carboxylic acids is 3. The number of carbonyl (C=O) groups is 6. The van der Waals surface area contributed by atoms with E-state index in [4.69, 9.17) is 30.0 Å². The van der Waals surface area contributed by atoms with E-state index in [0.717, 1.165) is 27.7 Å². The smallest absolute Gasteiger partial charge is 0.373 e.